The molecule has 3 heterocycles. The molecule has 3 nitrogen and oxygen atoms in total. The third-order valence-corrected chi connectivity index (χ3v) is 4.26. The van der Waals surface area contributed by atoms with E-state index in [-0.39, 0.29) is 10.6 Å². The fourth-order valence-electron chi connectivity index (χ4n) is 1.76. The maximum atomic E-state index is 12.2. The number of hydrogen-bond acceptors (Lipinski definition) is 3. The van der Waals surface area contributed by atoms with Crippen LogP contribution in [0.4, 0.5) is 0 Å². The minimum atomic E-state index is -0.275. The first kappa shape index (κ1) is 13.5. The molecule has 3 aromatic heterocycles. The van der Waals surface area contributed by atoms with Crippen LogP contribution in [0.2, 0.25) is 5.02 Å². The fourth-order valence-corrected chi connectivity index (χ4v) is 2.93. The first-order valence-electron chi connectivity index (χ1n) is 5.73. The van der Waals surface area contributed by atoms with Gasteiger partial charge in [0.25, 0.3) is 5.56 Å². The second-order valence-corrected chi connectivity index (χ2v) is 6.16. The molecular formula is C14H8BrClN2OS. The predicted molar refractivity (Wildman–Crippen MR) is 87.4 cm³/mol. The first-order chi connectivity index (χ1) is 9.65. The second kappa shape index (κ2) is 5.52. The summed E-state index contributed by atoms with van der Waals surface area (Å²) < 4.78 is 2.22. The number of nitrogens with zero attached hydrogens (tertiary/aromatic N) is 2. The standard InChI is InChI=1S/C14H8BrClN2OS/c15-10-2-4-12-17-11(3-1-9-5-6-20-8-9)13(16)14(19)18(12)7-10/h1-8H/b3-1+. The van der Waals surface area contributed by atoms with Crippen LogP contribution in [-0.4, -0.2) is 9.38 Å². The van der Waals surface area contributed by atoms with Crippen molar-refractivity contribution in [3.8, 4) is 0 Å². The van der Waals surface area contributed by atoms with Gasteiger partial charge in [-0.2, -0.15) is 11.3 Å². The summed E-state index contributed by atoms with van der Waals surface area (Å²) in [5, 5.41) is 4.11. The van der Waals surface area contributed by atoms with Crippen LogP contribution in [0.25, 0.3) is 17.8 Å². The summed E-state index contributed by atoms with van der Waals surface area (Å²) >= 11 is 11.0. The SMILES string of the molecule is O=c1c(Cl)c(/C=C/c2ccsc2)nc2ccc(Br)cn12. The van der Waals surface area contributed by atoms with Gasteiger partial charge >= 0.3 is 0 Å². The van der Waals surface area contributed by atoms with Gasteiger partial charge < -0.3 is 0 Å². The molecule has 0 fully saturated rings. The van der Waals surface area contributed by atoms with E-state index in [2.05, 4.69) is 20.9 Å². The van der Waals surface area contributed by atoms with E-state index in [1.807, 2.05) is 29.0 Å². The summed E-state index contributed by atoms with van der Waals surface area (Å²) in [4.78, 5) is 16.6. The molecule has 0 atom stereocenters. The molecule has 0 unspecified atom stereocenters. The van der Waals surface area contributed by atoms with Crippen molar-refractivity contribution in [2.45, 2.75) is 0 Å². The number of hydrogen-bond donors (Lipinski definition) is 0. The van der Waals surface area contributed by atoms with Crippen LogP contribution in [0, 0.1) is 0 Å². The topological polar surface area (TPSA) is 34.4 Å². The molecule has 0 amide bonds. The van der Waals surface area contributed by atoms with Gasteiger partial charge in [-0.3, -0.25) is 9.20 Å². The highest BCUT2D eigenvalue weighted by atomic mass is 79.9. The van der Waals surface area contributed by atoms with E-state index in [9.17, 15) is 4.79 Å². The zero-order valence-corrected chi connectivity index (χ0v) is 13.2. The van der Waals surface area contributed by atoms with Gasteiger partial charge in [0.1, 0.15) is 10.7 Å². The Labute approximate surface area is 132 Å². The van der Waals surface area contributed by atoms with E-state index >= 15 is 0 Å². The predicted octanol–water partition coefficient (Wildman–Crippen LogP) is 4.34. The average Bonchev–Trinajstić information content (AvgIpc) is 2.95. The van der Waals surface area contributed by atoms with Gasteiger partial charge in [-0.15, -0.1) is 0 Å². The van der Waals surface area contributed by atoms with Crippen LogP contribution >= 0.6 is 38.9 Å². The zero-order chi connectivity index (χ0) is 14.1. The summed E-state index contributed by atoms with van der Waals surface area (Å²) in [5.74, 6) is 0. The lowest BCUT2D eigenvalue weighted by Crippen LogP contribution is -2.16. The zero-order valence-electron chi connectivity index (χ0n) is 10.1. The van der Waals surface area contributed by atoms with Gasteiger partial charge in [-0.1, -0.05) is 17.7 Å². The molecule has 0 aromatic carbocycles. The van der Waals surface area contributed by atoms with Crippen molar-refractivity contribution in [2.24, 2.45) is 0 Å². The molecule has 0 aliphatic rings. The maximum absolute atomic E-state index is 12.2. The van der Waals surface area contributed by atoms with Crippen molar-refractivity contribution in [1.29, 1.82) is 0 Å². The molecule has 0 aliphatic heterocycles. The Balaban J connectivity index is 2.15. The molecule has 0 bridgehead atoms. The van der Waals surface area contributed by atoms with Crippen LogP contribution in [0.3, 0.4) is 0 Å². The number of aromatic nitrogens is 2. The summed E-state index contributed by atoms with van der Waals surface area (Å²) in [6.45, 7) is 0. The average molecular weight is 368 g/mol. The van der Waals surface area contributed by atoms with E-state index in [4.69, 9.17) is 11.6 Å². The molecule has 20 heavy (non-hydrogen) atoms. The van der Waals surface area contributed by atoms with Crippen molar-refractivity contribution in [1.82, 2.24) is 9.38 Å². The molecule has 0 aliphatic carbocycles. The minimum Gasteiger partial charge on any atom is -0.267 e. The molecule has 0 spiro atoms. The van der Waals surface area contributed by atoms with Crippen LogP contribution in [0.5, 0.6) is 0 Å². The van der Waals surface area contributed by atoms with Gasteiger partial charge in [-0.05, 0) is 56.5 Å². The number of fused-ring (bicyclic) bond motifs is 1. The van der Waals surface area contributed by atoms with Gasteiger partial charge in [0, 0.05) is 10.7 Å². The lowest BCUT2D eigenvalue weighted by atomic mass is 10.2. The molecule has 0 N–H and O–H groups in total. The lowest BCUT2D eigenvalue weighted by Gasteiger charge is -2.04. The third-order valence-electron chi connectivity index (χ3n) is 2.73. The fraction of sp³-hybridized carbons (Fsp3) is 0. The maximum Gasteiger partial charge on any atom is 0.277 e. The molecule has 6 heteroatoms. The normalized spacial score (nSPS) is 11.5. The Hall–Kier alpha value is -1.43. The van der Waals surface area contributed by atoms with E-state index in [1.54, 1.807) is 29.7 Å². The van der Waals surface area contributed by atoms with Crippen LogP contribution < -0.4 is 5.56 Å². The minimum absolute atomic E-state index is 0.118. The monoisotopic (exact) mass is 366 g/mol. The van der Waals surface area contributed by atoms with Gasteiger partial charge in [0.2, 0.25) is 0 Å². The summed E-state index contributed by atoms with van der Waals surface area (Å²) in [5.41, 5.74) is 1.82. The van der Waals surface area contributed by atoms with Crippen molar-refractivity contribution >= 4 is 56.7 Å². The highest BCUT2D eigenvalue weighted by Crippen LogP contribution is 2.17. The highest BCUT2D eigenvalue weighted by molar-refractivity contribution is 9.10. The molecular weight excluding hydrogens is 360 g/mol. The summed E-state index contributed by atoms with van der Waals surface area (Å²) in [7, 11) is 0. The van der Waals surface area contributed by atoms with Gasteiger partial charge in [0.05, 0.1) is 5.69 Å². The van der Waals surface area contributed by atoms with Crippen molar-refractivity contribution in [3.05, 3.63) is 66.3 Å². The van der Waals surface area contributed by atoms with Crippen LogP contribution in [-0.2, 0) is 0 Å². The summed E-state index contributed by atoms with van der Waals surface area (Å²) in [6.07, 6.45) is 5.30. The van der Waals surface area contributed by atoms with Gasteiger partial charge in [-0.25, -0.2) is 4.98 Å². The largest absolute Gasteiger partial charge is 0.277 e. The molecule has 0 saturated carbocycles. The van der Waals surface area contributed by atoms with Crippen molar-refractivity contribution in [2.75, 3.05) is 0 Å². The van der Waals surface area contributed by atoms with E-state index in [1.165, 1.54) is 4.40 Å². The number of halogens is 2. The molecule has 100 valence electrons. The second-order valence-electron chi connectivity index (χ2n) is 4.08. The van der Waals surface area contributed by atoms with Crippen LogP contribution in [0.15, 0.2) is 44.4 Å². The Morgan fingerprint density at radius 2 is 2.15 bits per heavy atom. The smallest absolute Gasteiger partial charge is 0.267 e. The lowest BCUT2D eigenvalue weighted by molar-refractivity contribution is 1.03. The molecule has 0 radical (unpaired) electrons. The van der Waals surface area contributed by atoms with Crippen molar-refractivity contribution in [3.63, 3.8) is 0 Å². The number of thiophene rings is 1. The van der Waals surface area contributed by atoms with E-state index in [0.29, 0.717) is 11.3 Å². The molecule has 3 aromatic rings. The first-order valence-corrected chi connectivity index (χ1v) is 7.84. The van der Waals surface area contributed by atoms with Crippen molar-refractivity contribution < 1.29 is 0 Å². The van der Waals surface area contributed by atoms with E-state index in [0.717, 1.165) is 10.0 Å². The Bertz CT molecular complexity index is 855. The number of rotatable bonds is 2. The molecule has 3 rings (SSSR count). The van der Waals surface area contributed by atoms with Crippen LogP contribution in [0.1, 0.15) is 11.3 Å². The third kappa shape index (κ3) is 2.57. The number of pyridine rings is 1. The highest BCUT2D eigenvalue weighted by Gasteiger charge is 2.08. The van der Waals surface area contributed by atoms with E-state index < -0.39 is 0 Å². The Morgan fingerprint density at radius 3 is 2.90 bits per heavy atom. The summed E-state index contributed by atoms with van der Waals surface area (Å²) in [6, 6.07) is 5.59. The Kier molecular flexibility index (Phi) is 3.74. The van der Waals surface area contributed by atoms with Gasteiger partial charge in [0.15, 0.2) is 0 Å². The quantitative estimate of drug-likeness (QED) is 0.675. The molecule has 0 saturated heterocycles. The Morgan fingerprint density at radius 1 is 1.30 bits per heavy atom.